The van der Waals surface area contributed by atoms with Gasteiger partial charge in [-0.1, -0.05) is 6.07 Å². The van der Waals surface area contributed by atoms with Crippen LogP contribution in [0.15, 0.2) is 48.7 Å². The molecule has 0 bridgehead atoms. The van der Waals surface area contributed by atoms with Gasteiger partial charge >= 0.3 is 0 Å². The number of hydrogen-bond donors (Lipinski definition) is 2. The molecule has 2 aromatic carbocycles. The van der Waals surface area contributed by atoms with Crippen molar-refractivity contribution in [2.45, 2.75) is 13.3 Å². The molecule has 0 saturated carbocycles. The van der Waals surface area contributed by atoms with Crippen LogP contribution in [-0.4, -0.2) is 17.2 Å². The van der Waals surface area contributed by atoms with Crippen molar-refractivity contribution in [3.05, 3.63) is 77.0 Å². The Hall–Kier alpha value is -3.61. The number of carbonyl (C=O) groups excluding carboxylic acids is 2. The van der Waals surface area contributed by atoms with E-state index in [0.717, 1.165) is 34.9 Å². The highest BCUT2D eigenvalue weighted by Crippen LogP contribution is 2.27. The zero-order valence-corrected chi connectivity index (χ0v) is 15.0. The third-order valence-corrected chi connectivity index (χ3v) is 4.18. The highest BCUT2D eigenvalue weighted by molar-refractivity contribution is 5.93. The molecular weight excluding hydrogens is 364 g/mol. The Morgan fingerprint density at radius 3 is 2.50 bits per heavy atom. The number of halogens is 2. The van der Waals surface area contributed by atoms with Gasteiger partial charge in [-0.2, -0.15) is 0 Å². The zero-order valence-electron chi connectivity index (χ0n) is 15.0. The number of aryl methyl sites for hydroxylation is 1. The average molecular weight is 381 g/mol. The number of nitrogen functional groups attached to an aromatic ring is 1. The fourth-order valence-electron chi connectivity index (χ4n) is 2.90. The van der Waals surface area contributed by atoms with E-state index in [-0.39, 0.29) is 17.8 Å². The van der Waals surface area contributed by atoms with E-state index in [1.807, 2.05) is 6.92 Å². The second-order valence-electron chi connectivity index (χ2n) is 6.35. The van der Waals surface area contributed by atoms with Crippen LogP contribution in [0, 0.1) is 18.6 Å². The Kier molecular flexibility index (Phi) is 5.44. The van der Waals surface area contributed by atoms with E-state index < -0.39 is 17.5 Å². The molecule has 0 radical (unpaired) electrons. The number of aromatic nitrogens is 1. The topological polar surface area (TPSA) is 85.1 Å². The lowest BCUT2D eigenvalue weighted by Crippen LogP contribution is -2.14. The molecule has 0 saturated heterocycles. The van der Waals surface area contributed by atoms with Crippen LogP contribution in [0.4, 0.5) is 20.3 Å². The third-order valence-electron chi connectivity index (χ3n) is 4.18. The molecule has 0 unspecified atom stereocenters. The molecule has 1 heterocycles. The number of nitrogens with one attached hydrogen (secondary N) is 1. The van der Waals surface area contributed by atoms with Gasteiger partial charge in [-0.3, -0.25) is 9.59 Å². The molecule has 3 rings (SSSR count). The molecule has 28 heavy (non-hydrogen) atoms. The minimum atomic E-state index is -0.727. The number of carbonyl (C=O) groups is 2. The highest BCUT2D eigenvalue weighted by Gasteiger charge is 2.10. The summed E-state index contributed by atoms with van der Waals surface area (Å²) in [5, 5.41) is 2.70. The van der Waals surface area contributed by atoms with Gasteiger partial charge in [0.05, 0.1) is 12.0 Å². The van der Waals surface area contributed by atoms with Crippen molar-refractivity contribution < 1.29 is 18.4 Å². The lowest BCUT2D eigenvalue weighted by Gasteiger charge is -2.11. The van der Waals surface area contributed by atoms with Crippen molar-refractivity contribution in [2.75, 3.05) is 11.1 Å². The van der Waals surface area contributed by atoms with Gasteiger partial charge in [0.25, 0.3) is 0 Å². The van der Waals surface area contributed by atoms with E-state index in [1.54, 1.807) is 30.5 Å². The summed E-state index contributed by atoms with van der Waals surface area (Å²) in [6.07, 6.45) is 2.06. The van der Waals surface area contributed by atoms with Crippen molar-refractivity contribution in [1.82, 2.24) is 4.98 Å². The molecule has 0 aliphatic carbocycles. The maximum Gasteiger partial charge on any atom is 0.228 e. The number of pyridine rings is 1. The van der Waals surface area contributed by atoms with Gasteiger partial charge < -0.3 is 11.1 Å². The van der Waals surface area contributed by atoms with Gasteiger partial charge in [-0.15, -0.1) is 0 Å². The summed E-state index contributed by atoms with van der Waals surface area (Å²) in [6.45, 7) is 1.85. The Balaban J connectivity index is 1.77. The number of aldehydes is 1. The fraction of sp³-hybridized carbons (Fsp3) is 0.0952. The van der Waals surface area contributed by atoms with Gasteiger partial charge in [-0.05, 0) is 53.9 Å². The maximum atomic E-state index is 13.2. The summed E-state index contributed by atoms with van der Waals surface area (Å²) in [5.41, 5.74) is 9.14. The number of benzene rings is 2. The van der Waals surface area contributed by atoms with E-state index in [0.29, 0.717) is 17.5 Å². The summed E-state index contributed by atoms with van der Waals surface area (Å²) >= 11 is 0. The van der Waals surface area contributed by atoms with Crippen LogP contribution in [0.25, 0.3) is 11.1 Å². The fourth-order valence-corrected chi connectivity index (χ4v) is 2.90. The molecule has 7 heteroatoms. The number of nitrogens with zero attached hydrogens (tertiary/aromatic N) is 1. The molecule has 0 atom stereocenters. The minimum Gasteiger partial charge on any atom is -0.383 e. The van der Waals surface area contributed by atoms with Crippen molar-refractivity contribution in [3.63, 3.8) is 0 Å². The predicted octanol–water partition coefficient (Wildman–Crippen LogP) is 3.91. The van der Waals surface area contributed by atoms with Crippen LogP contribution in [0.1, 0.15) is 21.5 Å². The summed E-state index contributed by atoms with van der Waals surface area (Å²) in [7, 11) is 0. The first kappa shape index (κ1) is 19.2. The van der Waals surface area contributed by atoms with Crippen molar-refractivity contribution >= 4 is 23.7 Å². The monoisotopic (exact) mass is 381 g/mol. The Bertz CT molecular complexity index is 1050. The van der Waals surface area contributed by atoms with Crippen LogP contribution in [0.2, 0.25) is 0 Å². The second kappa shape index (κ2) is 7.96. The molecular formula is C21H17F2N3O2. The molecule has 142 valence electrons. The summed E-state index contributed by atoms with van der Waals surface area (Å²) in [5.74, 6) is -1.69. The molecule has 3 aromatic rings. The minimum absolute atomic E-state index is 0.153. The molecule has 0 fully saturated rings. The van der Waals surface area contributed by atoms with E-state index in [4.69, 9.17) is 5.73 Å². The number of anilines is 2. The first-order valence-electron chi connectivity index (χ1n) is 8.42. The Morgan fingerprint density at radius 1 is 1.14 bits per heavy atom. The number of nitrogens with two attached hydrogens (primary N) is 1. The van der Waals surface area contributed by atoms with Crippen LogP contribution in [-0.2, 0) is 11.2 Å². The Labute approximate surface area is 160 Å². The van der Waals surface area contributed by atoms with Gasteiger partial charge in [0, 0.05) is 23.5 Å². The number of amides is 1. The molecule has 3 N–H and O–H groups in total. The van der Waals surface area contributed by atoms with Crippen LogP contribution >= 0.6 is 0 Å². The normalized spacial score (nSPS) is 10.5. The first-order chi connectivity index (χ1) is 13.4. The van der Waals surface area contributed by atoms with Gasteiger partial charge in [0.1, 0.15) is 17.5 Å². The molecule has 1 aromatic heterocycles. The number of rotatable bonds is 5. The quantitative estimate of drug-likeness (QED) is 0.656. The highest BCUT2D eigenvalue weighted by atomic mass is 19.1. The van der Waals surface area contributed by atoms with Crippen LogP contribution < -0.4 is 11.1 Å². The molecule has 0 aliphatic heterocycles. The second-order valence-corrected chi connectivity index (χ2v) is 6.35. The number of hydrogen-bond acceptors (Lipinski definition) is 4. The van der Waals surface area contributed by atoms with Crippen molar-refractivity contribution in [3.8, 4) is 11.1 Å². The lowest BCUT2D eigenvalue weighted by molar-refractivity contribution is -0.115. The van der Waals surface area contributed by atoms with E-state index in [2.05, 4.69) is 10.3 Å². The average Bonchev–Trinajstić information content (AvgIpc) is 2.61. The van der Waals surface area contributed by atoms with Crippen molar-refractivity contribution in [1.29, 1.82) is 0 Å². The molecule has 1 amide bonds. The predicted molar refractivity (Wildman–Crippen MR) is 103 cm³/mol. The SMILES string of the molecule is Cc1cc(NC(=O)Cc2cc(F)cc(F)c2)ccc1-c1cnc(N)c(C=O)c1. The molecule has 5 nitrogen and oxygen atoms in total. The third kappa shape index (κ3) is 4.37. The maximum absolute atomic E-state index is 13.2. The van der Waals surface area contributed by atoms with E-state index in [9.17, 15) is 18.4 Å². The Morgan fingerprint density at radius 2 is 1.86 bits per heavy atom. The van der Waals surface area contributed by atoms with E-state index in [1.165, 1.54) is 0 Å². The largest absolute Gasteiger partial charge is 0.383 e. The van der Waals surface area contributed by atoms with Crippen molar-refractivity contribution in [2.24, 2.45) is 0 Å². The summed E-state index contributed by atoms with van der Waals surface area (Å²) in [6, 6.07) is 9.89. The van der Waals surface area contributed by atoms with Crippen LogP contribution in [0.3, 0.4) is 0 Å². The standard InChI is InChI=1S/C21H17F2N3O2/c1-12-4-18(26-20(28)7-13-5-16(22)9-17(23)6-13)2-3-19(12)14-8-15(11-27)21(24)25-10-14/h2-6,8-11H,7H2,1H3,(H2,24,25)(H,26,28). The van der Waals surface area contributed by atoms with E-state index >= 15 is 0 Å². The molecule has 0 spiro atoms. The first-order valence-corrected chi connectivity index (χ1v) is 8.42. The lowest BCUT2D eigenvalue weighted by atomic mass is 10.00. The van der Waals surface area contributed by atoms with Crippen LogP contribution in [0.5, 0.6) is 0 Å². The van der Waals surface area contributed by atoms with Gasteiger partial charge in [-0.25, -0.2) is 13.8 Å². The summed E-state index contributed by atoms with van der Waals surface area (Å²) in [4.78, 5) is 27.2. The smallest absolute Gasteiger partial charge is 0.228 e. The molecule has 0 aliphatic rings. The zero-order chi connectivity index (χ0) is 20.3. The van der Waals surface area contributed by atoms with Gasteiger partial charge in [0.15, 0.2) is 6.29 Å². The summed E-state index contributed by atoms with van der Waals surface area (Å²) < 4.78 is 26.5. The van der Waals surface area contributed by atoms with Gasteiger partial charge in [0.2, 0.25) is 5.91 Å².